The lowest BCUT2D eigenvalue weighted by atomic mass is 9.88. The Morgan fingerprint density at radius 2 is 1.49 bits per heavy atom. The van der Waals surface area contributed by atoms with Crippen LogP contribution in [0.5, 0.6) is 5.75 Å². The number of allylic oxidation sites excluding steroid dienone is 1. The molecule has 9 N–H and O–H groups in total. The van der Waals surface area contributed by atoms with Crippen LogP contribution in [0.15, 0.2) is 66.7 Å². The highest BCUT2D eigenvalue weighted by atomic mass is 32.3. The van der Waals surface area contributed by atoms with Gasteiger partial charge in [0.2, 0.25) is 35.4 Å². The molecule has 3 aliphatic rings. The monoisotopic (exact) mass is 1130 g/mol. The summed E-state index contributed by atoms with van der Waals surface area (Å²) in [5.74, 6) is -9.19. The summed E-state index contributed by atoms with van der Waals surface area (Å²) in [7, 11) is -2.62. The summed E-state index contributed by atoms with van der Waals surface area (Å²) < 4.78 is 47.5. The zero-order valence-electron chi connectivity index (χ0n) is 45.6. The molecule has 25 heteroatoms. The van der Waals surface area contributed by atoms with E-state index in [0.29, 0.717) is 36.8 Å². The van der Waals surface area contributed by atoms with Gasteiger partial charge in [-0.05, 0) is 92.9 Å². The van der Waals surface area contributed by atoms with E-state index in [2.05, 4.69) is 30.8 Å². The lowest BCUT2D eigenvalue weighted by Gasteiger charge is -2.44. The molecular formula is C54H77N7O17S. The number of fused-ring (bicyclic) bond motifs is 2. The van der Waals surface area contributed by atoms with Gasteiger partial charge >= 0.3 is 16.4 Å². The molecule has 2 aromatic rings. The fourth-order valence-electron chi connectivity index (χ4n) is 9.75. The topological polar surface area (TPSA) is 346 Å². The van der Waals surface area contributed by atoms with Crippen LogP contribution < -0.4 is 26.6 Å². The van der Waals surface area contributed by atoms with E-state index in [1.165, 1.54) is 31.0 Å². The number of aliphatic hydroxyl groups is 2. The van der Waals surface area contributed by atoms with Crippen molar-refractivity contribution in [2.24, 2.45) is 17.8 Å². The first-order valence-corrected chi connectivity index (χ1v) is 28.0. The van der Waals surface area contributed by atoms with E-state index in [9.17, 15) is 57.1 Å². The number of aryl methyl sites for hydroxylation is 1. The normalized spacial score (nSPS) is 27.4. The number of nitrogens with zero attached hydrogens (tertiary/aromatic N) is 2. The van der Waals surface area contributed by atoms with Gasteiger partial charge in [-0.2, -0.15) is 8.42 Å². The zero-order chi connectivity index (χ0) is 58.3. The molecular weight excluding hydrogens is 1050 g/mol. The van der Waals surface area contributed by atoms with Crippen LogP contribution >= 0.6 is 0 Å². The Morgan fingerprint density at radius 3 is 2.10 bits per heavy atom. The highest BCUT2D eigenvalue weighted by Gasteiger charge is 2.47. The number of aliphatic hydroxyl groups excluding tert-OH is 2. The molecule has 2 heterocycles. The number of hydrogen-bond acceptors (Lipinski definition) is 16. The van der Waals surface area contributed by atoms with Crippen LogP contribution in [0.1, 0.15) is 97.1 Å². The minimum Gasteiger partial charge on any atom is -0.508 e. The van der Waals surface area contributed by atoms with Gasteiger partial charge in [0.25, 0.3) is 5.91 Å². The highest BCUT2D eigenvalue weighted by molar-refractivity contribution is 7.80. The SMILES string of the molecule is CC[C@H](C)[C@@H]1NC(=O)[C@H](Cc2ccccc2)N(C)C(=O)[C@H]([C@@H](C)CC)N2C(=O)[C@H](CC[C@H]2O)NC(=O)[C@H](C[C@H]2C=C[C@H](O)CC2)NC(=O)[C@@H](NC(=O)[C@H](CCc2ccc(O)cc2)NC(=O)[C@@H](COS(=O)(=O)O)OC)[C@@H](C)OC1=O. The average Bonchev–Trinajstić information content (AvgIpc) is 3.41. The van der Waals surface area contributed by atoms with Crippen LogP contribution in [0.3, 0.4) is 0 Å². The Balaban J connectivity index is 1.63. The number of phenols is 1. The Kier molecular flexibility index (Phi) is 23.3. The standard InChI is InChI=1S/C54H77N7O17S/c1-8-30(3)44-54(72)78-32(5)45(59-47(65)38(24-19-33-15-20-36(62)21-16-33)55-50(68)42(76-7)29-77-79(73,74)75)51(69)57-40(27-35-17-22-37(63)23-18-35)48(66)56-39-25-26-43(64)61(52(39)70)46(31(4)9-2)53(71)60(6)41(49(67)58-44)28-34-13-11-10-12-14-34/h10-17,20-22,30-32,35,37-46,62-64H,8-9,18-19,23-29H2,1-7H3,(H,55,68)(H,56,66)(H,57,69)(H,58,67)(H,59,65)(H,73,74,75)/t30-,31-,32+,35-,37-,38-,39-,40-,41-,42+,43+,44-,45-,46-/m0/s1. The van der Waals surface area contributed by atoms with Crippen LogP contribution in [0.25, 0.3) is 0 Å². The number of aromatic hydroxyl groups is 1. The lowest BCUT2D eigenvalue weighted by molar-refractivity contribution is -0.168. The molecule has 24 nitrogen and oxygen atoms in total. The van der Waals surface area contributed by atoms with Gasteiger partial charge in [0, 0.05) is 20.6 Å². The summed E-state index contributed by atoms with van der Waals surface area (Å²) in [6, 6.07) is 4.22. The summed E-state index contributed by atoms with van der Waals surface area (Å²) in [4.78, 5) is 120. The van der Waals surface area contributed by atoms with Gasteiger partial charge in [0.15, 0.2) is 6.10 Å². The summed E-state index contributed by atoms with van der Waals surface area (Å²) in [6.45, 7) is 7.19. The number of cyclic esters (lactones) is 1. The number of hydrogen-bond donors (Lipinski definition) is 9. The molecule has 0 saturated carbocycles. The Bertz CT molecular complexity index is 2590. The number of carbonyl (C=O) groups excluding carboxylic acids is 8. The van der Waals surface area contributed by atoms with E-state index in [4.69, 9.17) is 9.47 Å². The van der Waals surface area contributed by atoms with Crippen LogP contribution in [0, 0.1) is 17.8 Å². The van der Waals surface area contributed by atoms with Crippen molar-refractivity contribution in [3.63, 3.8) is 0 Å². The highest BCUT2D eigenvalue weighted by Crippen LogP contribution is 2.29. The van der Waals surface area contributed by atoms with Crippen LogP contribution in [-0.4, -0.2) is 173 Å². The largest absolute Gasteiger partial charge is 0.508 e. The number of esters is 1. The summed E-state index contributed by atoms with van der Waals surface area (Å²) in [5, 5.41) is 45.0. The minimum absolute atomic E-state index is 0.0554. The number of benzene rings is 2. The Labute approximate surface area is 460 Å². The van der Waals surface area contributed by atoms with Crippen molar-refractivity contribution in [2.45, 2.75) is 166 Å². The van der Waals surface area contributed by atoms with Gasteiger partial charge in [-0.1, -0.05) is 95.2 Å². The van der Waals surface area contributed by atoms with E-state index < -0.39 is 149 Å². The van der Waals surface area contributed by atoms with E-state index in [-0.39, 0.29) is 44.3 Å². The van der Waals surface area contributed by atoms with Gasteiger partial charge in [-0.3, -0.25) is 38.1 Å². The summed E-state index contributed by atoms with van der Waals surface area (Å²) in [5.41, 5.74) is 1.21. The van der Waals surface area contributed by atoms with Gasteiger partial charge in [0.05, 0.1) is 6.10 Å². The van der Waals surface area contributed by atoms with Crippen molar-refractivity contribution in [2.75, 3.05) is 20.8 Å². The number of methoxy groups -OCH3 is 1. The Hall–Kier alpha value is -6.51. The number of ether oxygens (including phenoxy) is 2. The second-order valence-electron chi connectivity index (χ2n) is 20.6. The molecule has 7 amide bonds. The first-order chi connectivity index (χ1) is 37.3. The number of nitrogens with one attached hydrogen (secondary N) is 5. The van der Waals surface area contributed by atoms with Gasteiger partial charge < -0.3 is 61.2 Å². The quantitative estimate of drug-likeness (QED) is 0.0532. The number of amides is 7. The fraction of sp³-hybridized carbons (Fsp3) is 0.593. The summed E-state index contributed by atoms with van der Waals surface area (Å²) in [6.07, 6.45) is -1.56. The first kappa shape index (κ1) is 63.3. The van der Waals surface area contributed by atoms with Gasteiger partial charge in [-0.15, -0.1) is 0 Å². The maximum absolute atomic E-state index is 15.0. The number of likely N-dealkylation sites (N-methyl/N-ethyl adjacent to an activating group) is 1. The fourth-order valence-corrected chi connectivity index (χ4v) is 10.0. The van der Waals surface area contributed by atoms with Crippen molar-refractivity contribution in [3.05, 3.63) is 77.9 Å². The third kappa shape index (κ3) is 17.7. The Morgan fingerprint density at radius 1 is 0.823 bits per heavy atom. The van der Waals surface area contributed by atoms with E-state index >= 15 is 9.59 Å². The number of piperidine rings is 1. The van der Waals surface area contributed by atoms with Crippen molar-refractivity contribution in [3.8, 4) is 5.75 Å². The smallest absolute Gasteiger partial charge is 0.397 e. The molecule has 2 aliphatic heterocycles. The first-order valence-electron chi connectivity index (χ1n) is 26.7. The third-order valence-electron chi connectivity index (χ3n) is 15.0. The second kappa shape index (κ2) is 29.1. The predicted octanol–water partition coefficient (Wildman–Crippen LogP) is 0.717. The molecule has 5 rings (SSSR count). The maximum Gasteiger partial charge on any atom is 0.397 e. The van der Waals surface area contributed by atoms with Crippen molar-refractivity contribution >= 4 is 57.7 Å². The van der Waals surface area contributed by atoms with Crippen LogP contribution in [-0.2, 0) is 75.3 Å². The third-order valence-corrected chi connectivity index (χ3v) is 15.4. The van der Waals surface area contributed by atoms with Gasteiger partial charge in [-0.25, -0.2) is 8.98 Å². The van der Waals surface area contributed by atoms with Gasteiger partial charge in [0.1, 0.15) is 67.0 Å². The molecule has 0 unspecified atom stereocenters. The molecule has 1 aliphatic carbocycles. The van der Waals surface area contributed by atoms with Crippen molar-refractivity contribution < 1.29 is 80.3 Å². The molecule has 0 spiro atoms. The molecule has 0 aromatic heterocycles. The zero-order valence-corrected chi connectivity index (χ0v) is 46.4. The molecule has 2 saturated heterocycles. The van der Waals surface area contributed by atoms with Crippen LogP contribution in [0.2, 0.25) is 0 Å². The molecule has 436 valence electrons. The number of rotatable bonds is 19. The van der Waals surface area contributed by atoms with E-state index in [0.717, 1.165) is 12.0 Å². The second-order valence-corrected chi connectivity index (χ2v) is 21.7. The molecule has 2 aromatic carbocycles. The number of carbonyl (C=O) groups is 8. The maximum atomic E-state index is 15.0. The van der Waals surface area contributed by atoms with Crippen molar-refractivity contribution in [1.29, 1.82) is 0 Å². The van der Waals surface area contributed by atoms with Crippen LogP contribution in [0.4, 0.5) is 0 Å². The van der Waals surface area contributed by atoms with E-state index in [1.54, 1.807) is 82.3 Å². The van der Waals surface area contributed by atoms with Crippen molar-refractivity contribution in [1.82, 2.24) is 36.4 Å². The summed E-state index contributed by atoms with van der Waals surface area (Å²) >= 11 is 0. The molecule has 2 bridgehead atoms. The molecule has 0 radical (unpaired) electrons. The van der Waals surface area contributed by atoms with E-state index in [1.807, 2.05) is 0 Å². The molecule has 2 fully saturated rings. The lowest BCUT2D eigenvalue weighted by Crippen LogP contribution is -2.66. The molecule has 14 atom stereocenters. The minimum atomic E-state index is -5.05. The molecule has 79 heavy (non-hydrogen) atoms. The number of phenolic OH excluding ortho intramolecular Hbond substituents is 1. The predicted molar refractivity (Wildman–Crippen MR) is 284 cm³/mol. The average molecular weight is 1130 g/mol.